The molecule has 1 N–H and O–H groups in total. The highest BCUT2D eigenvalue weighted by Gasteiger charge is 2.41. The van der Waals surface area contributed by atoms with Gasteiger partial charge in [-0.1, -0.05) is 54.3 Å². The molecule has 2 aromatic carbocycles. The SMILES string of the molecule is O=C(O)[C@H](c1ccccc1)N1C(=O)/C(=C/c2ccc(-c3ccc(F)cc3)o2)SC1=S. The van der Waals surface area contributed by atoms with Crippen molar-refractivity contribution in [2.45, 2.75) is 6.04 Å². The Morgan fingerprint density at radius 2 is 1.80 bits per heavy atom. The third-order valence-corrected chi connectivity index (χ3v) is 5.79. The summed E-state index contributed by atoms with van der Waals surface area (Å²) in [5, 5.41) is 9.72. The second kappa shape index (κ2) is 8.25. The monoisotopic (exact) mass is 439 g/mol. The zero-order chi connectivity index (χ0) is 21.3. The topological polar surface area (TPSA) is 70.8 Å². The van der Waals surface area contributed by atoms with Crippen molar-refractivity contribution < 1.29 is 23.5 Å². The van der Waals surface area contributed by atoms with E-state index in [2.05, 4.69) is 0 Å². The second-order valence-electron chi connectivity index (χ2n) is 6.41. The molecule has 1 saturated heterocycles. The van der Waals surface area contributed by atoms with Gasteiger partial charge in [-0.3, -0.25) is 9.69 Å². The van der Waals surface area contributed by atoms with E-state index in [0.717, 1.165) is 16.7 Å². The molecule has 2 heterocycles. The van der Waals surface area contributed by atoms with Crippen LogP contribution in [0, 0.1) is 5.82 Å². The lowest BCUT2D eigenvalue weighted by Gasteiger charge is -2.23. The van der Waals surface area contributed by atoms with Gasteiger partial charge in [0, 0.05) is 11.6 Å². The van der Waals surface area contributed by atoms with Crippen LogP contribution in [-0.4, -0.2) is 26.2 Å². The number of carbonyl (C=O) groups excluding carboxylic acids is 1. The summed E-state index contributed by atoms with van der Waals surface area (Å²) >= 11 is 6.32. The summed E-state index contributed by atoms with van der Waals surface area (Å²) in [6.45, 7) is 0. The third-order valence-electron chi connectivity index (χ3n) is 4.46. The number of benzene rings is 2. The number of aliphatic carboxylic acids is 1. The number of thiocarbonyl (C=S) groups is 1. The Labute approximate surface area is 180 Å². The van der Waals surface area contributed by atoms with Crippen molar-refractivity contribution in [3.05, 3.63) is 88.8 Å². The molecule has 1 amide bonds. The molecule has 150 valence electrons. The maximum Gasteiger partial charge on any atom is 0.331 e. The van der Waals surface area contributed by atoms with Crippen molar-refractivity contribution in [3.8, 4) is 11.3 Å². The lowest BCUT2D eigenvalue weighted by Crippen LogP contribution is -2.37. The summed E-state index contributed by atoms with van der Waals surface area (Å²) < 4.78 is 19.0. The number of carboxylic acids is 1. The van der Waals surface area contributed by atoms with E-state index in [9.17, 15) is 19.1 Å². The normalized spacial score (nSPS) is 16.3. The van der Waals surface area contributed by atoms with Gasteiger partial charge in [0.25, 0.3) is 5.91 Å². The Balaban J connectivity index is 1.62. The van der Waals surface area contributed by atoms with Gasteiger partial charge in [-0.15, -0.1) is 0 Å². The van der Waals surface area contributed by atoms with E-state index < -0.39 is 17.9 Å². The molecule has 1 fully saturated rings. The number of nitrogens with zero attached hydrogens (tertiary/aromatic N) is 1. The van der Waals surface area contributed by atoms with E-state index in [1.807, 2.05) is 0 Å². The maximum atomic E-state index is 13.1. The van der Waals surface area contributed by atoms with Gasteiger partial charge in [0.2, 0.25) is 0 Å². The minimum Gasteiger partial charge on any atom is -0.479 e. The van der Waals surface area contributed by atoms with Crippen molar-refractivity contribution in [1.82, 2.24) is 4.90 Å². The summed E-state index contributed by atoms with van der Waals surface area (Å²) in [4.78, 5) is 26.2. The Bertz CT molecular complexity index is 1160. The van der Waals surface area contributed by atoms with Crippen LogP contribution in [0.2, 0.25) is 0 Å². The van der Waals surface area contributed by atoms with Crippen LogP contribution in [0.1, 0.15) is 17.4 Å². The van der Waals surface area contributed by atoms with Crippen LogP contribution in [-0.2, 0) is 9.59 Å². The molecule has 0 radical (unpaired) electrons. The second-order valence-corrected chi connectivity index (χ2v) is 8.09. The van der Waals surface area contributed by atoms with Crippen LogP contribution in [0.5, 0.6) is 0 Å². The number of furan rings is 1. The van der Waals surface area contributed by atoms with Crippen LogP contribution in [0.3, 0.4) is 0 Å². The molecule has 8 heteroatoms. The molecule has 4 rings (SSSR count). The highest BCUT2D eigenvalue weighted by atomic mass is 32.2. The molecule has 0 unspecified atom stereocenters. The van der Waals surface area contributed by atoms with Gasteiger partial charge >= 0.3 is 5.97 Å². The van der Waals surface area contributed by atoms with Gasteiger partial charge in [-0.25, -0.2) is 9.18 Å². The first-order chi connectivity index (χ1) is 14.4. The molecule has 1 atom stereocenters. The fourth-order valence-electron chi connectivity index (χ4n) is 3.07. The molecule has 30 heavy (non-hydrogen) atoms. The largest absolute Gasteiger partial charge is 0.479 e. The molecule has 1 aliphatic rings. The van der Waals surface area contributed by atoms with E-state index in [1.54, 1.807) is 54.6 Å². The number of carboxylic acid groups (broad SMARTS) is 1. The highest BCUT2D eigenvalue weighted by molar-refractivity contribution is 8.26. The predicted octanol–water partition coefficient (Wildman–Crippen LogP) is 5.11. The minimum absolute atomic E-state index is 0.160. The zero-order valence-electron chi connectivity index (χ0n) is 15.3. The van der Waals surface area contributed by atoms with Gasteiger partial charge in [0.05, 0.1) is 4.91 Å². The quantitative estimate of drug-likeness (QED) is 0.440. The summed E-state index contributed by atoms with van der Waals surface area (Å²) in [6.07, 6.45) is 1.52. The summed E-state index contributed by atoms with van der Waals surface area (Å²) in [5.41, 5.74) is 1.15. The Kier molecular flexibility index (Phi) is 5.52. The molecule has 0 saturated carbocycles. The van der Waals surface area contributed by atoms with E-state index >= 15 is 0 Å². The fraction of sp³-hybridized carbons (Fsp3) is 0.0455. The average molecular weight is 439 g/mol. The van der Waals surface area contributed by atoms with Crippen LogP contribution in [0.25, 0.3) is 17.4 Å². The van der Waals surface area contributed by atoms with Crippen LogP contribution >= 0.6 is 24.0 Å². The molecule has 0 aliphatic carbocycles. The Morgan fingerprint density at radius 3 is 2.47 bits per heavy atom. The fourth-order valence-corrected chi connectivity index (χ4v) is 4.36. The molecular formula is C22H14FNO4S2. The van der Waals surface area contributed by atoms with Gasteiger partial charge in [-0.2, -0.15) is 0 Å². The molecule has 5 nitrogen and oxygen atoms in total. The lowest BCUT2D eigenvalue weighted by atomic mass is 10.1. The predicted molar refractivity (Wildman–Crippen MR) is 116 cm³/mol. The van der Waals surface area contributed by atoms with Crippen molar-refractivity contribution >= 4 is 46.3 Å². The zero-order valence-corrected chi connectivity index (χ0v) is 17.0. The summed E-state index contributed by atoms with van der Waals surface area (Å²) in [5.74, 6) is -1.09. The molecular weight excluding hydrogens is 425 g/mol. The first-order valence-electron chi connectivity index (χ1n) is 8.84. The maximum absolute atomic E-state index is 13.1. The Morgan fingerprint density at radius 1 is 1.10 bits per heavy atom. The van der Waals surface area contributed by atoms with Crippen molar-refractivity contribution in [3.63, 3.8) is 0 Å². The number of thioether (sulfide) groups is 1. The van der Waals surface area contributed by atoms with Gasteiger partial charge in [0.1, 0.15) is 21.7 Å². The molecule has 3 aromatic rings. The number of hydrogen-bond donors (Lipinski definition) is 1. The minimum atomic E-state index is -1.21. The van der Waals surface area contributed by atoms with E-state index in [4.69, 9.17) is 16.6 Å². The number of halogens is 1. The highest BCUT2D eigenvalue weighted by Crippen LogP contribution is 2.38. The van der Waals surface area contributed by atoms with Crippen molar-refractivity contribution in [2.24, 2.45) is 0 Å². The lowest BCUT2D eigenvalue weighted by molar-refractivity contribution is -0.145. The number of carbonyl (C=O) groups is 2. The number of hydrogen-bond acceptors (Lipinski definition) is 5. The first-order valence-corrected chi connectivity index (χ1v) is 10.1. The molecule has 0 bridgehead atoms. The molecule has 1 aliphatic heterocycles. The first kappa shape index (κ1) is 20.1. The Hall–Kier alpha value is -3.23. The third kappa shape index (κ3) is 3.92. The van der Waals surface area contributed by atoms with Crippen LogP contribution < -0.4 is 0 Å². The smallest absolute Gasteiger partial charge is 0.331 e. The van der Waals surface area contributed by atoms with Crippen molar-refractivity contribution in [2.75, 3.05) is 0 Å². The standard InChI is InChI=1S/C22H14FNO4S2/c23-15-8-6-13(7-9-15)17-11-10-16(28-17)12-18-20(25)24(22(29)30-18)19(21(26)27)14-4-2-1-3-5-14/h1-12,19H,(H,26,27)/b18-12-/t19-/m0/s1. The number of rotatable bonds is 5. The molecule has 1 aromatic heterocycles. The average Bonchev–Trinajstić information content (AvgIpc) is 3.30. The number of amides is 1. The van der Waals surface area contributed by atoms with Gasteiger partial charge in [-0.05, 0) is 42.0 Å². The van der Waals surface area contributed by atoms with E-state index in [1.165, 1.54) is 18.2 Å². The van der Waals surface area contributed by atoms with Gasteiger partial charge < -0.3 is 9.52 Å². The van der Waals surface area contributed by atoms with Gasteiger partial charge in [0.15, 0.2) is 6.04 Å². The van der Waals surface area contributed by atoms with Crippen LogP contribution in [0.4, 0.5) is 4.39 Å². The van der Waals surface area contributed by atoms with Crippen molar-refractivity contribution in [1.29, 1.82) is 0 Å². The summed E-state index contributed by atoms with van der Waals surface area (Å²) in [7, 11) is 0. The van der Waals surface area contributed by atoms with E-state index in [-0.39, 0.29) is 15.0 Å². The molecule has 0 spiro atoms. The van der Waals surface area contributed by atoms with Crippen LogP contribution in [0.15, 0.2) is 76.1 Å². The summed E-state index contributed by atoms with van der Waals surface area (Å²) in [6, 6.07) is 16.5. The van der Waals surface area contributed by atoms with E-state index in [0.29, 0.717) is 22.6 Å².